The van der Waals surface area contributed by atoms with Crippen molar-refractivity contribution in [2.75, 3.05) is 11.4 Å². The van der Waals surface area contributed by atoms with Crippen molar-refractivity contribution in [2.45, 2.75) is 38.1 Å². The van der Waals surface area contributed by atoms with Gasteiger partial charge >= 0.3 is 0 Å². The largest absolute Gasteiger partial charge is 0.345 e. The number of nitrogens with one attached hydrogen (secondary N) is 1. The number of carbonyl (C=O) groups excluding carboxylic acids is 1. The number of aryl methyl sites for hydroxylation is 2. The Morgan fingerprint density at radius 2 is 1.61 bits per heavy atom. The van der Waals surface area contributed by atoms with Crippen molar-refractivity contribution in [3.05, 3.63) is 95.1 Å². The molecule has 1 atom stereocenters. The first-order valence-corrected chi connectivity index (χ1v) is 11.7. The van der Waals surface area contributed by atoms with E-state index in [2.05, 4.69) is 30.4 Å². The number of sulfonamides is 1. The second-order valence-electron chi connectivity index (χ2n) is 7.63. The molecule has 162 valence electrons. The van der Waals surface area contributed by atoms with Crippen LogP contribution in [0.25, 0.3) is 0 Å². The minimum absolute atomic E-state index is 0.0890. The first kappa shape index (κ1) is 22.6. The second-order valence-corrected chi connectivity index (χ2v) is 9.60. The van der Waals surface area contributed by atoms with Gasteiger partial charge in [-0.3, -0.25) is 9.10 Å². The number of hydrogen-bond acceptors (Lipinski definition) is 3. The van der Waals surface area contributed by atoms with Gasteiger partial charge in [0.05, 0.1) is 16.6 Å². The summed E-state index contributed by atoms with van der Waals surface area (Å²) in [5.41, 5.74) is 4.41. The van der Waals surface area contributed by atoms with Crippen molar-refractivity contribution in [1.82, 2.24) is 5.32 Å². The molecule has 3 rings (SSSR count). The zero-order chi connectivity index (χ0) is 22.6. The minimum Gasteiger partial charge on any atom is -0.345 e. The maximum Gasteiger partial charge on any atom is 0.264 e. The fourth-order valence-electron chi connectivity index (χ4n) is 3.57. The van der Waals surface area contributed by atoms with Crippen LogP contribution in [0.5, 0.6) is 0 Å². The Bertz CT molecular complexity index is 1160. The lowest BCUT2D eigenvalue weighted by molar-refractivity contribution is 0.0935. The Balaban J connectivity index is 1.76. The van der Waals surface area contributed by atoms with Gasteiger partial charge in [0, 0.05) is 12.6 Å². The third kappa shape index (κ3) is 4.97. The average molecular weight is 437 g/mol. The van der Waals surface area contributed by atoms with Crippen LogP contribution < -0.4 is 9.62 Å². The Morgan fingerprint density at radius 1 is 0.968 bits per heavy atom. The molecule has 5 nitrogen and oxygen atoms in total. The van der Waals surface area contributed by atoms with Crippen LogP contribution in [0.4, 0.5) is 5.69 Å². The molecule has 31 heavy (non-hydrogen) atoms. The molecule has 0 aliphatic carbocycles. The third-order valence-corrected chi connectivity index (χ3v) is 7.21. The van der Waals surface area contributed by atoms with Crippen LogP contribution in [-0.4, -0.2) is 21.4 Å². The van der Waals surface area contributed by atoms with E-state index in [1.54, 1.807) is 54.6 Å². The van der Waals surface area contributed by atoms with Crippen molar-refractivity contribution in [3.8, 4) is 0 Å². The molecule has 0 aromatic heterocycles. The summed E-state index contributed by atoms with van der Waals surface area (Å²) in [6, 6.07) is 21.0. The van der Waals surface area contributed by atoms with Crippen LogP contribution >= 0.6 is 0 Å². The van der Waals surface area contributed by atoms with Gasteiger partial charge in [-0.15, -0.1) is 0 Å². The summed E-state index contributed by atoms with van der Waals surface area (Å²) in [5.74, 6) is -0.188. The molecular weight excluding hydrogens is 408 g/mol. The first-order chi connectivity index (χ1) is 14.7. The maximum atomic E-state index is 12.8. The smallest absolute Gasteiger partial charge is 0.264 e. The fraction of sp³-hybridized carbons (Fsp3) is 0.240. The van der Waals surface area contributed by atoms with Gasteiger partial charge in [-0.05, 0) is 67.8 Å². The summed E-state index contributed by atoms with van der Waals surface area (Å²) in [7, 11) is -2.16. The highest BCUT2D eigenvalue weighted by Crippen LogP contribution is 2.24. The van der Waals surface area contributed by atoms with E-state index in [0.717, 1.165) is 17.5 Å². The third-order valence-electron chi connectivity index (χ3n) is 5.41. The summed E-state index contributed by atoms with van der Waals surface area (Å²) >= 11 is 0. The maximum absolute atomic E-state index is 12.8. The van der Waals surface area contributed by atoms with Gasteiger partial charge in [0.25, 0.3) is 15.9 Å². The molecule has 0 aliphatic rings. The van der Waals surface area contributed by atoms with Crippen molar-refractivity contribution < 1.29 is 13.2 Å². The van der Waals surface area contributed by atoms with E-state index >= 15 is 0 Å². The molecule has 0 aliphatic heterocycles. The van der Waals surface area contributed by atoms with Crippen LogP contribution in [0, 0.1) is 13.8 Å². The fourth-order valence-corrected chi connectivity index (χ4v) is 4.79. The van der Waals surface area contributed by atoms with E-state index in [-0.39, 0.29) is 16.8 Å². The molecule has 0 fully saturated rings. The molecule has 0 spiro atoms. The van der Waals surface area contributed by atoms with Crippen LogP contribution in [-0.2, 0) is 10.0 Å². The van der Waals surface area contributed by atoms with Crippen LogP contribution in [0.15, 0.2) is 77.7 Å². The summed E-state index contributed by atoms with van der Waals surface area (Å²) < 4.78 is 26.8. The zero-order valence-electron chi connectivity index (χ0n) is 18.3. The number of hydrogen-bond donors (Lipinski definition) is 1. The zero-order valence-corrected chi connectivity index (χ0v) is 19.1. The van der Waals surface area contributed by atoms with Crippen LogP contribution in [0.1, 0.15) is 46.4 Å². The topological polar surface area (TPSA) is 66.5 Å². The number of amides is 1. The molecule has 0 heterocycles. The quantitative estimate of drug-likeness (QED) is 0.566. The molecule has 6 heteroatoms. The predicted octanol–water partition coefficient (Wildman–Crippen LogP) is 5.01. The Kier molecular flexibility index (Phi) is 6.81. The lowest BCUT2D eigenvalue weighted by Crippen LogP contribution is -2.29. The molecule has 0 saturated heterocycles. The van der Waals surface area contributed by atoms with Gasteiger partial charge in [-0.25, -0.2) is 8.42 Å². The first-order valence-electron chi connectivity index (χ1n) is 10.3. The van der Waals surface area contributed by atoms with Crippen LogP contribution in [0.3, 0.4) is 0 Å². The Hall–Kier alpha value is -3.12. The molecule has 0 unspecified atom stereocenters. The van der Waals surface area contributed by atoms with Gasteiger partial charge in [0.2, 0.25) is 0 Å². The van der Waals surface area contributed by atoms with Crippen molar-refractivity contribution >= 4 is 21.6 Å². The predicted molar refractivity (Wildman–Crippen MR) is 125 cm³/mol. The summed E-state index contributed by atoms with van der Waals surface area (Å²) in [6.07, 6.45) is 0.770. The van der Waals surface area contributed by atoms with E-state index in [9.17, 15) is 13.2 Å². The van der Waals surface area contributed by atoms with Gasteiger partial charge < -0.3 is 5.32 Å². The van der Waals surface area contributed by atoms with Crippen molar-refractivity contribution in [2.24, 2.45) is 0 Å². The number of anilines is 1. The van der Waals surface area contributed by atoms with E-state index in [4.69, 9.17) is 0 Å². The number of benzene rings is 3. The summed E-state index contributed by atoms with van der Waals surface area (Å²) in [5, 5.41) is 3.09. The van der Waals surface area contributed by atoms with Crippen molar-refractivity contribution in [1.29, 1.82) is 0 Å². The molecule has 1 amide bonds. The van der Waals surface area contributed by atoms with Gasteiger partial charge in [-0.1, -0.05) is 48.9 Å². The molecule has 1 N–H and O–H groups in total. The Morgan fingerprint density at radius 3 is 2.19 bits per heavy atom. The summed E-state index contributed by atoms with van der Waals surface area (Å²) in [4.78, 5) is 13.0. The molecular formula is C25H28N2O3S. The average Bonchev–Trinajstić information content (AvgIpc) is 2.78. The number of rotatable bonds is 7. The molecule has 0 saturated carbocycles. The van der Waals surface area contributed by atoms with Gasteiger partial charge in [0.15, 0.2) is 0 Å². The lowest BCUT2D eigenvalue weighted by atomic mass is 9.97. The van der Waals surface area contributed by atoms with E-state index in [1.807, 2.05) is 13.8 Å². The lowest BCUT2D eigenvalue weighted by Gasteiger charge is -2.21. The van der Waals surface area contributed by atoms with Gasteiger partial charge in [0.1, 0.15) is 0 Å². The second kappa shape index (κ2) is 9.35. The SMILES string of the molecule is CC[C@H](NC(=O)c1ccc(N(C)S(=O)(=O)c2ccccc2)cc1)c1ccc(C)cc1C. The van der Waals surface area contributed by atoms with Gasteiger partial charge in [-0.2, -0.15) is 0 Å². The molecule has 0 bridgehead atoms. The van der Waals surface area contributed by atoms with E-state index in [1.165, 1.54) is 16.9 Å². The summed E-state index contributed by atoms with van der Waals surface area (Å²) in [6.45, 7) is 6.14. The Labute approximate surface area is 184 Å². The minimum atomic E-state index is -3.66. The monoisotopic (exact) mass is 436 g/mol. The highest BCUT2D eigenvalue weighted by Gasteiger charge is 2.21. The molecule has 3 aromatic rings. The molecule has 0 radical (unpaired) electrons. The van der Waals surface area contributed by atoms with E-state index < -0.39 is 10.0 Å². The highest BCUT2D eigenvalue weighted by molar-refractivity contribution is 7.92. The normalized spacial score (nSPS) is 12.3. The highest BCUT2D eigenvalue weighted by atomic mass is 32.2. The number of nitrogens with zero attached hydrogens (tertiary/aromatic N) is 1. The number of carbonyl (C=O) groups is 1. The van der Waals surface area contributed by atoms with Crippen LogP contribution in [0.2, 0.25) is 0 Å². The standard InChI is InChI=1S/C25H28N2O3S/c1-5-24(23-16-11-18(2)17-19(23)3)26-25(28)20-12-14-21(15-13-20)27(4)31(29,30)22-9-7-6-8-10-22/h6-17,24H,5H2,1-4H3,(H,26,28)/t24-/m0/s1. The van der Waals surface area contributed by atoms with E-state index in [0.29, 0.717) is 11.3 Å². The molecule has 3 aromatic carbocycles. The van der Waals surface area contributed by atoms with Crippen molar-refractivity contribution in [3.63, 3.8) is 0 Å².